The second-order valence-electron chi connectivity index (χ2n) is 3.90. The molecule has 0 unspecified atom stereocenters. The summed E-state index contributed by atoms with van der Waals surface area (Å²) in [6, 6.07) is 15.5. The quantitative estimate of drug-likeness (QED) is 0.674. The third kappa shape index (κ3) is 1.71. The predicted molar refractivity (Wildman–Crippen MR) is 74.2 cm³/mol. The first kappa shape index (κ1) is 10.8. The van der Waals surface area contributed by atoms with E-state index in [1.165, 1.54) is 0 Å². The summed E-state index contributed by atoms with van der Waals surface area (Å²) >= 11 is 1.61. The highest BCUT2D eigenvalue weighted by atomic mass is 32.1. The van der Waals surface area contributed by atoms with Gasteiger partial charge in [-0.15, -0.1) is 11.3 Å². The maximum atomic E-state index is 8.98. The Bertz CT molecular complexity index is 735. The second kappa shape index (κ2) is 4.13. The fourth-order valence-corrected chi connectivity index (χ4v) is 2.74. The Morgan fingerprint density at radius 2 is 2.00 bits per heavy atom. The summed E-state index contributed by atoms with van der Waals surface area (Å²) in [6.07, 6.45) is 0. The van der Waals surface area contributed by atoms with E-state index < -0.39 is 0 Å². The van der Waals surface area contributed by atoms with Crippen LogP contribution in [0.4, 0.5) is 5.69 Å². The summed E-state index contributed by atoms with van der Waals surface area (Å²) in [7, 11) is 0. The van der Waals surface area contributed by atoms with Crippen LogP contribution in [-0.2, 0) is 0 Å². The summed E-state index contributed by atoms with van der Waals surface area (Å²) in [4.78, 5) is 4.56. The van der Waals surface area contributed by atoms with Gasteiger partial charge in [-0.1, -0.05) is 12.1 Å². The van der Waals surface area contributed by atoms with E-state index in [-0.39, 0.29) is 0 Å². The first-order valence-corrected chi connectivity index (χ1v) is 6.25. The third-order valence-electron chi connectivity index (χ3n) is 2.71. The Morgan fingerprint density at radius 3 is 2.78 bits per heavy atom. The van der Waals surface area contributed by atoms with E-state index in [4.69, 9.17) is 11.0 Å². The number of para-hydroxylation sites is 1. The minimum absolute atomic E-state index is 0.492. The van der Waals surface area contributed by atoms with Gasteiger partial charge in [-0.25, -0.2) is 4.98 Å². The monoisotopic (exact) mass is 251 g/mol. The fourth-order valence-electron chi connectivity index (χ4n) is 1.78. The molecule has 0 atom stereocenters. The van der Waals surface area contributed by atoms with Crippen LogP contribution in [0, 0.1) is 11.3 Å². The standard InChI is InChI=1S/C14H9N3S/c15-8-10-7-9(5-6-11(10)16)14-17-12-3-1-2-4-13(12)18-14/h1-7H,16H2. The topological polar surface area (TPSA) is 62.7 Å². The van der Waals surface area contributed by atoms with Crippen molar-refractivity contribution >= 4 is 27.2 Å². The lowest BCUT2D eigenvalue weighted by Crippen LogP contribution is -1.90. The van der Waals surface area contributed by atoms with Crippen LogP contribution >= 0.6 is 11.3 Å². The van der Waals surface area contributed by atoms with E-state index in [1.807, 2.05) is 30.3 Å². The Labute approximate surface area is 108 Å². The van der Waals surface area contributed by atoms with Gasteiger partial charge in [0.25, 0.3) is 0 Å². The maximum Gasteiger partial charge on any atom is 0.124 e. The smallest absolute Gasteiger partial charge is 0.124 e. The van der Waals surface area contributed by atoms with Crippen LogP contribution in [0.2, 0.25) is 0 Å². The highest BCUT2D eigenvalue weighted by Gasteiger charge is 2.07. The van der Waals surface area contributed by atoms with E-state index >= 15 is 0 Å². The van der Waals surface area contributed by atoms with Crippen molar-refractivity contribution in [3.8, 4) is 16.6 Å². The molecule has 0 saturated carbocycles. The van der Waals surface area contributed by atoms with Gasteiger partial charge in [0, 0.05) is 11.3 Å². The number of rotatable bonds is 1. The van der Waals surface area contributed by atoms with Crippen molar-refractivity contribution in [1.82, 2.24) is 4.98 Å². The number of aromatic nitrogens is 1. The van der Waals surface area contributed by atoms with E-state index in [0.717, 1.165) is 20.8 Å². The van der Waals surface area contributed by atoms with Crippen LogP contribution in [0.15, 0.2) is 42.5 Å². The molecular weight excluding hydrogens is 242 g/mol. The molecule has 3 rings (SSSR count). The Morgan fingerprint density at radius 1 is 1.17 bits per heavy atom. The second-order valence-corrected chi connectivity index (χ2v) is 4.93. The van der Waals surface area contributed by atoms with Gasteiger partial charge >= 0.3 is 0 Å². The zero-order valence-electron chi connectivity index (χ0n) is 9.42. The third-order valence-corrected chi connectivity index (χ3v) is 3.80. The Balaban J connectivity index is 2.17. The van der Waals surface area contributed by atoms with Gasteiger partial charge in [0.05, 0.1) is 15.8 Å². The Kier molecular flexibility index (Phi) is 2.47. The highest BCUT2D eigenvalue weighted by molar-refractivity contribution is 7.21. The van der Waals surface area contributed by atoms with Crippen LogP contribution in [-0.4, -0.2) is 4.98 Å². The van der Waals surface area contributed by atoms with E-state index in [0.29, 0.717) is 11.3 Å². The molecule has 0 bridgehead atoms. The lowest BCUT2D eigenvalue weighted by atomic mass is 10.1. The number of anilines is 1. The van der Waals surface area contributed by atoms with Crippen LogP contribution in [0.25, 0.3) is 20.8 Å². The lowest BCUT2D eigenvalue weighted by Gasteiger charge is -1.99. The molecule has 0 fully saturated rings. The molecule has 0 spiro atoms. The lowest BCUT2D eigenvalue weighted by molar-refractivity contribution is 1.45. The summed E-state index contributed by atoms with van der Waals surface area (Å²) < 4.78 is 1.14. The number of nitrogens with zero attached hydrogens (tertiary/aromatic N) is 2. The molecule has 18 heavy (non-hydrogen) atoms. The van der Waals surface area contributed by atoms with Gasteiger partial charge in [-0.2, -0.15) is 5.26 Å². The van der Waals surface area contributed by atoms with Crippen molar-refractivity contribution in [2.45, 2.75) is 0 Å². The average molecular weight is 251 g/mol. The van der Waals surface area contributed by atoms with Crippen LogP contribution in [0.3, 0.4) is 0 Å². The van der Waals surface area contributed by atoms with Crippen LogP contribution in [0.1, 0.15) is 5.56 Å². The Hall–Kier alpha value is -2.38. The molecule has 0 radical (unpaired) electrons. The molecule has 2 N–H and O–H groups in total. The molecule has 2 aromatic carbocycles. The van der Waals surface area contributed by atoms with Crippen molar-refractivity contribution in [3.05, 3.63) is 48.0 Å². The van der Waals surface area contributed by atoms with E-state index in [2.05, 4.69) is 11.1 Å². The number of hydrogen-bond donors (Lipinski definition) is 1. The molecule has 0 amide bonds. The minimum Gasteiger partial charge on any atom is -0.398 e. The SMILES string of the molecule is N#Cc1cc(-c2nc3ccccc3s2)ccc1N. The van der Waals surface area contributed by atoms with Gasteiger partial charge in [0.2, 0.25) is 0 Å². The van der Waals surface area contributed by atoms with Crippen LogP contribution in [0.5, 0.6) is 0 Å². The first-order valence-electron chi connectivity index (χ1n) is 5.43. The van der Waals surface area contributed by atoms with Crippen molar-refractivity contribution in [2.24, 2.45) is 0 Å². The molecule has 0 saturated heterocycles. The summed E-state index contributed by atoms with van der Waals surface area (Å²) in [6.45, 7) is 0. The molecule has 3 aromatic rings. The molecule has 4 heteroatoms. The minimum atomic E-state index is 0.492. The first-order chi connectivity index (χ1) is 8.78. The van der Waals surface area contributed by atoms with E-state index in [9.17, 15) is 0 Å². The zero-order valence-corrected chi connectivity index (χ0v) is 10.2. The normalized spacial score (nSPS) is 10.4. The van der Waals surface area contributed by atoms with E-state index in [1.54, 1.807) is 23.5 Å². The average Bonchev–Trinajstić information content (AvgIpc) is 2.83. The number of hydrogen-bond acceptors (Lipinski definition) is 4. The molecule has 1 heterocycles. The maximum absolute atomic E-state index is 8.98. The van der Waals surface area contributed by atoms with Gasteiger partial charge < -0.3 is 5.73 Å². The van der Waals surface area contributed by atoms with Crippen molar-refractivity contribution < 1.29 is 0 Å². The molecule has 0 aliphatic heterocycles. The molecular formula is C14H9N3S. The van der Waals surface area contributed by atoms with Crippen molar-refractivity contribution in [3.63, 3.8) is 0 Å². The van der Waals surface area contributed by atoms with Crippen LogP contribution < -0.4 is 5.73 Å². The number of nitrogens with two attached hydrogens (primary N) is 1. The number of benzene rings is 2. The molecule has 0 aliphatic rings. The molecule has 1 aromatic heterocycles. The zero-order chi connectivity index (χ0) is 12.5. The molecule has 3 nitrogen and oxygen atoms in total. The van der Waals surface area contributed by atoms with Gasteiger partial charge in [0.1, 0.15) is 11.1 Å². The summed E-state index contributed by atoms with van der Waals surface area (Å²) in [5.41, 5.74) is 8.62. The summed E-state index contributed by atoms with van der Waals surface area (Å²) in [5.74, 6) is 0. The van der Waals surface area contributed by atoms with Gasteiger partial charge in [-0.05, 0) is 30.3 Å². The summed E-state index contributed by atoms with van der Waals surface area (Å²) in [5, 5.41) is 9.89. The largest absolute Gasteiger partial charge is 0.398 e. The predicted octanol–water partition coefficient (Wildman–Crippen LogP) is 3.42. The number of fused-ring (bicyclic) bond motifs is 1. The fraction of sp³-hybridized carbons (Fsp3) is 0. The number of thiazole rings is 1. The van der Waals surface area contributed by atoms with Gasteiger partial charge in [0.15, 0.2) is 0 Å². The van der Waals surface area contributed by atoms with Crippen molar-refractivity contribution in [1.29, 1.82) is 5.26 Å². The van der Waals surface area contributed by atoms with Gasteiger partial charge in [-0.3, -0.25) is 0 Å². The van der Waals surface area contributed by atoms with Crippen molar-refractivity contribution in [2.75, 3.05) is 5.73 Å². The number of nitriles is 1. The highest BCUT2D eigenvalue weighted by Crippen LogP contribution is 2.31. The number of nitrogen functional groups attached to an aromatic ring is 1. The molecule has 86 valence electrons. The molecule has 0 aliphatic carbocycles.